The zero-order valence-electron chi connectivity index (χ0n) is 16.2. The van der Waals surface area contributed by atoms with Crippen molar-refractivity contribution in [2.24, 2.45) is 0 Å². The van der Waals surface area contributed by atoms with Gasteiger partial charge in [-0.3, -0.25) is 14.4 Å². The maximum atomic E-state index is 12.9. The van der Waals surface area contributed by atoms with Crippen molar-refractivity contribution in [1.82, 2.24) is 19.7 Å². The van der Waals surface area contributed by atoms with Crippen molar-refractivity contribution in [3.8, 4) is 17.2 Å². The lowest BCUT2D eigenvalue weighted by atomic mass is 10.1. The highest BCUT2D eigenvalue weighted by Gasteiger charge is 2.32. The molecule has 2 aromatic carbocycles. The van der Waals surface area contributed by atoms with E-state index in [-0.39, 0.29) is 24.9 Å². The van der Waals surface area contributed by atoms with Crippen LogP contribution in [0.15, 0.2) is 55.1 Å². The van der Waals surface area contributed by atoms with E-state index in [1.54, 1.807) is 11.0 Å². The lowest BCUT2D eigenvalue weighted by Gasteiger charge is -2.24. The molecular formula is C21H24FN5O3. The second-order valence-corrected chi connectivity index (χ2v) is 7.16. The topological polar surface area (TPSA) is 81.5 Å². The van der Waals surface area contributed by atoms with Crippen LogP contribution in [-0.2, 0) is 11.3 Å². The highest BCUT2D eigenvalue weighted by Crippen LogP contribution is 2.37. The van der Waals surface area contributed by atoms with Crippen molar-refractivity contribution in [3.63, 3.8) is 0 Å². The van der Waals surface area contributed by atoms with Crippen LogP contribution in [0.3, 0.4) is 0 Å². The molecule has 1 N–H and O–H groups in total. The molecule has 0 aliphatic carbocycles. The fourth-order valence-electron chi connectivity index (χ4n) is 3.91. The van der Waals surface area contributed by atoms with Gasteiger partial charge in [-0.15, -0.1) is 0 Å². The second-order valence-electron chi connectivity index (χ2n) is 7.16. The third-order valence-electron chi connectivity index (χ3n) is 5.34. The second kappa shape index (κ2) is 8.50. The zero-order valence-corrected chi connectivity index (χ0v) is 16.2. The first-order chi connectivity index (χ1) is 14.3. The van der Waals surface area contributed by atoms with Crippen molar-refractivity contribution < 1.29 is 20.4 Å². The lowest BCUT2D eigenvalue weighted by molar-refractivity contribution is -0.120. The van der Waals surface area contributed by atoms with Gasteiger partial charge in [0.2, 0.25) is 12.7 Å². The number of carbonyl (C=O) groups excluding carboxylic acids is 1. The molecule has 3 aromatic rings. The number of nitrogens with zero attached hydrogens (tertiary/aromatic N) is 4. The molecular weight excluding hydrogens is 389 g/mol. The number of nitrogens with one attached hydrogen (secondary N) is 1. The summed E-state index contributed by atoms with van der Waals surface area (Å²) >= 11 is 0. The number of amides is 1. The number of aromatic nitrogens is 3. The summed E-state index contributed by atoms with van der Waals surface area (Å²) in [6.45, 7) is 1.80. The first-order valence-corrected chi connectivity index (χ1v) is 9.65. The van der Waals surface area contributed by atoms with Crippen LogP contribution in [0.4, 0.5) is 10.4 Å². The molecule has 5 rings (SSSR count). The molecule has 0 radical (unpaired) electrons. The summed E-state index contributed by atoms with van der Waals surface area (Å²) in [6, 6.07) is 13.3. The number of hydrogen-bond donors (Lipinski definition) is 1. The minimum Gasteiger partial charge on any atom is -0.454 e. The molecule has 0 unspecified atom stereocenters. The SMILES string of the molecule is F.O=C(Nc1ccc(-n2cncn2)cc1)[C@H]1CCCN1Cc1cccc2c1OCO2.[HH]. The third kappa shape index (κ3) is 3.84. The standard InChI is InChI=1S/C21H21N5O3.FH.H2/c27-21(24-16-6-8-17(9-7-16)26-13-22-12-23-26)18-4-2-10-25(18)11-15-3-1-5-19-20(15)29-14-28-19;;/h1,3,5-9,12-13,18H,2,4,10-11,14H2,(H,24,27);2*1H/t18-;;/m1../s1. The van der Waals surface area contributed by atoms with E-state index in [2.05, 4.69) is 20.3 Å². The van der Waals surface area contributed by atoms with Gasteiger partial charge in [0.25, 0.3) is 0 Å². The Kier molecular flexibility index (Phi) is 5.62. The van der Waals surface area contributed by atoms with E-state index in [9.17, 15) is 4.79 Å². The van der Waals surface area contributed by atoms with Gasteiger partial charge in [-0.25, -0.2) is 9.67 Å². The molecule has 0 bridgehead atoms. The van der Waals surface area contributed by atoms with Crippen molar-refractivity contribution >= 4 is 11.6 Å². The molecule has 2 aliphatic rings. The van der Waals surface area contributed by atoms with E-state index in [4.69, 9.17) is 9.47 Å². The van der Waals surface area contributed by atoms with Gasteiger partial charge >= 0.3 is 0 Å². The van der Waals surface area contributed by atoms with Crippen LogP contribution >= 0.6 is 0 Å². The van der Waals surface area contributed by atoms with Crippen molar-refractivity contribution in [3.05, 3.63) is 60.7 Å². The molecule has 0 saturated carbocycles. The summed E-state index contributed by atoms with van der Waals surface area (Å²) in [5, 5.41) is 7.15. The summed E-state index contributed by atoms with van der Waals surface area (Å²) in [4.78, 5) is 19.1. The van der Waals surface area contributed by atoms with Gasteiger partial charge in [-0.1, -0.05) is 12.1 Å². The molecule has 1 aromatic heterocycles. The van der Waals surface area contributed by atoms with Gasteiger partial charge in [0.1, 0.15) is 12.7 Å². The van der Waals surface area contributed by atoms with Gasteiger partial charge < -0.3 is 14.8 Å². The Labute approximate surface area is 174 Å². The van der Waals surface area contributed by atoms with Crippen LogP contribution in [-0.4, -0.2) is 45.0 Å². The quantitative estimate of drug-likeness (QED) is 0.693. The van der Waals surface area contributed by atoms with Gasteiger partial charge in [-0.05, 0) is 49.7 Å². The van der Waals surface area contributed by atoms with Crippen molar-refractivity contribution in [2.45, 2.75) is 25.4 Å². The molecule has 8 nitrogen and oxygen atoms in total. The molecule has 2 aliphatic heterocycles. The summed E-state index contributed by atoms with van der Waals surface area (Å²) in [7, 11) is 0. The van der Waals surface area contributed by atoms with E-state index in [0.717, 1.165) is 47.8 Å². The van der Waals surface area contributed by atoms with Gasteiger partial charge in [0, 0.05) is 19.2 Å². The molecule has 9 heteroatoms. The van der Waals surface area contributed by atoms with E-state index < -0.39 is 0 Å². The van der Waals surface area contributed by atoms with Crippen LogP contribution in [0, 0.1) is 0 Å². The Morgan fingerprint density at radius 3 is 2.87 bits per heavy atom. The number of benzene rings is 2. The van der Waals surface area contributed by atoms with Gasteiger partial charge in [0.15, 0.2) is 11.5 Å². The molecule has 3 heterocycles. The maximum absolute atomic E-state index is 12.9. The average molecular weight is 413 g/mol. The van der Waals surface area contributed by atoms with E-state index in [1.807, 2.05) is 42.5 Å². The lowest BCUT2D eigenvalue weighted by Crippen LogP contribution is -2.39. The van der Waals surface area contributed by atoms with Crippen LogP contribution in [0.1, 0.15) is 19.8 Å². The highest BCUT2D eigenvalue weighted by molar-refractivity contribution is 5.95. The van der Waals surface area contributed by atoms with Gasteiger partial charge in [-0.2, -0.15) is 5.10 Å². The first-order valence-electron chi connectivity index (χ1n) is 9.65. The number of halogens is 1. The summed E-state index contributed by atoms with van der Waals surface area (Å²) in [5.74, 6) is 1.58. The fraction of sp³-hybridized carbons (Fsp3) is 0.286. The summed E-state index contributed by atoms with van der Waals surface area (Å²) in [5.41, 5.74) is 2.71. The minimum absolute atomic E-state index is 0. The smallest absolute Gasteiger partial charge is 0.241 e. The number of ether oxygens (including phenoxy) is 2. The summed E-state index contributed by atoms with van der Waals surface area (Å²) in [6.07, 6.45) is 4.97. The Balaban J connectivity index is 0.00000136. The minimum atomic E-state index is -0.164. The highest BCUT2D eigenvalue weighted by atomic mass is 19.0. The van der Waals surface area contributed by atoms with E-state index in [0.29, 0.717) is 6.54 Å². The number of carbonyl (C=O) groups is 1. The Morgan fingerprint density at radius 2 is 2.07 bits per heavy atom. The molecule has 1 atom stereocenters. The fourth-order valence-corrected chi connectivity index (χ4v) is 3.91. The molecule has 1 fully saturated rings. The first kappa shape index (κ1) is 19.8. The predicted molar refractivity (Wildman–Crippen MR) is 111 cm³/mol. The monoisotopic (exact) mass is 413 g/mol. The van der Waals surface area contributed by atoms with Crippen LogP contribution in [0.25, 0.3) is 5.69 Å². The maximum Gasteiger partial charge on any atom is 0.241 e. The van der Waals surface area contributed by atoms with Crippen molar-refractivity contribution in [2.75, 3.05) is 18.7 Å². The van der Waals surface area contributed by atoms with E-state index in [1.165, 1.54) is 6.33 Å². The molecule has 1 saturated heterocycles. The molecule has 0 spiro atoms. The number of anilines is 1. The largest absolute Gasteiger partial charge is 0.454 e. The van der Waals surface area contributed by atoms with Crippen LogP contribution in [0.5, 0.6) is 11.5 Å². The molecule has 30 heavy (non-hydrogen) atoms. The number of rotatable bonds is 5. The van der Waals surface area contributed by atoms with Crippen LogP contribution < -0.4 is 14.8 Å². The van der Waals surface area contributed by atoms with Gasteiger partial charge in [0.05, 0.1) is 11.7 Å². The Bertz CT molecular complexity index is 1020. The summed E-state index contributed by atoms with van der Waals surface area (Å²) < 4.78 is 12.8. The predicted octanol–water partition coefficient (Wildman–Crippen LogP) is 3.00. The number of fused-ring (bicyclic) bond motifs is 1. The Morgan fingerprint density at radius 1 is 1.20 bits per heavy atom. The number of para-hydroxylation sites is 1. The van der Waals surface area contributed by atoms with Crippen LogP contribution in [0.2, 0.25) is 0 Å². The molecule has 158 valence electrons. The Hall–Kier alpha value is -3.46. The third-order valence-corrected chi connectivity index (χ3v) is 5.34. The van der Waals surface area contributed by atoms with E-state index >= 15 is 0 Å². The van der Waals surface area contributed by atoms with Crippen molar-refractivity contribution in [1.29, 1.82) is 0 Å². The zero-order chi connectivity index (χ0) is 19.6. The number of likely N-dealkylation sites (tertiary alicyclic amines) is 1. The molecule has 1 amide bonds. The number of hydrogen-bond acceptors (Lipinski definition) is 6. The normalized spacial score (nSPS) is 17.5. The average Bonchev–Trinajstić information content (AvgIpc) is 3.50.